The number of nitriles is 1. The molecule has 3 amide bonds. The summed E-state index contributed by atoms with van der Waals surface area (Å²) in [5.41, 5.74) is 1.86. The molecule has 2 atom stereocenters. The summed E-state index contributed by atoms with van der Waals surface area (Å²) in [6, 6.07) is 18.0. The minimum absolute atomic E-state index is 0.0271. The number of carboxylic acid groups (broad SMARTS) is 1. The van der Waals surface area contributed by atoms with Gasteiger partial charge in [0.2, 0.25) is 11.8 Å². The third-order valence-electron chi connectivity index (χ3n) is 6.31. The molecule has 1 aromatic heterocycles. The van der Waals surface area contributed by atoms with Crippen LogP contribution in [0.15, 0.2) is 71.6 Å². The summed E-state index contributed by atoms with van der Waals surface area (Å²) < 4.78 is 0. The van der Waals surface area contributed by atoms with Crippen molar-refractivity contribution in [1.29, 1.82) is 5.26 Å². The molecule has 1 heterocycles. The predicted molar refractivity (Wildman–Crippen MR) is 156 cm³/mol. The van der Waals surface area contributed by atoms with Crippen molar-refractivity contribution in [3.8, 4) is 6.07 Å². The number of para-hydroxylation sites is 1. The van der Waals surface area contributed by atoms with E-state index in [9.17, 15) is 29.5 Å². The largest absolute Gasteiger partial charge is 0.481 e. The van der Waals surface area contributed by atoms with E-state index in [0.717, 1.165) is 16.2 Å². The van der Waals surface area contributed by atoms with Gasteiger partial charge in [0.25, 0.3) is 5.91 Å². The van der Waals surface area contributed by atoms with Crippen molar-refractivity contribution in [2.45, 2.75) is 24.7 Å². The van der Waals surface area contributed by atoms with E-state index in [1.54, 1.807) is 61.5 Å². The zero-order chi connectivity index (χ0) is 28.6. The summed E-state index contributed by atoms with van der Waals surface area (Å²) in [6.45, 7) is 1.67. The van der Waals surface area contributed by atoms with E-state index in [-0.39, 0.29) is 29.0 Å². The van der Waals surface area contributed by atoms with Crippen molar-refractivity contribution in [3.63, 3.8) is 0 Å². The highest BCUT2D eigenvalue weighted by molar-refractivity contribution is 8.00. The lowest BCUT2D eigenvalue weighted by molar-refractivity contribution is -0.146. The minimum Gasteiger partial charge on any atom is -0.481 e. The number of carbonyl (C=O) groups is 4. The molecule has 4 rings (SSSR count). The first-order valence-electron chi connectivity index (χ1n) is 12.4. The smallest absolute Gasteiger partial charge is 0.307 e. The number of nitrogens with zero attached hydrogens (tertiary/aromatic N) is 1. The number of carbonyl (C=O) groups excluding carboxylic acids is 3. The number of hydrogen-bond acceptors (Lipinski definition) is 7. The quantitative estimate of drug-likeness (QED) is 0.194. The average Bonchev–Trinajstić information content (AvgIpc) is 3.27. The zero-order valence-corrected chi connectivity index (χ0v) is 23.1. The lowest BCUT2D eigenvalue weighted by Crippen LogP contribution is -2.34. The van der Waals surface area contributed by atoms with Crippen LogP contribution >= 0.6 is 23.1 Å². The Morgan fingerprint density at radius 2 is 1.68 bits per heavy atom. The number of thiophene rings is 1. The fraction of sp³-hybridized carbons (Fsp3) is 0.207. The Morgan fingerprint density at radius 3 is 2.38 bits per heavy atom. The van der Waals surface area contributed by atoms with Gasteiger partial charge in [0.1, 0.15) is 11.1 Å². The van der Waals surface area contributed by atoms with Crippen molar-refractivity contribution < 1.29 is 24.3 Å². The molecular formula is C29H26N4O5S2. The van der Waals surface area contributed by atoms with Crippen LogP contribution in [0.25, 0.3) is 0 Å². The lowest BCUT2D eigenvalue weighted by atomic mass is 9.82. The fourth-order valence-corrected chi connectivity index (χ4v) is 6.07. The summed E-state index contributed by atoms with van der Waals surface area (Å²) in [6.07, 6.45) is 4.27. The van der Waals surface area contributed by atoms with E-state index in [4.69, 9.17) is 0 Å². The van der Waals surface area contributed by atoms with Gasteiger partial charge in [0, 0.05) is 16.3 Å². The summed E-state index contributed by atoms with van der Waals surface area (Å²) in [4.78, 5) is 50.9. The van der Waals surface area contributed by atoms with Crippen molar-refractivity contribution >= 4 is 63.2 Å². The molecule has 2 unspecified atom stereocenters. The van der Waals surface area contributed by atoms with Crippen molar-refractivity contribution in [2.75, 3.05) is 21.7 Å². The highest BCUT2D eigenvalue weighted by Crippen LogP contribution is 2.34. The second-order valence-corrected chi connectivity index (χ2v) is 11.1. The predicted octanol–water partition coefficient (Wildman–Crippen LogP) is 5.52. The van der Waals surface area contributed by atoms with Gasteiger partial charge in [-0.05, 0) is 55.7 Å². The van der Waals surface area contributed by atoms with E-state index < -0.39 is 17.8 Å². The molecule has 0 saturated carbocycles. The molecule has 0 fully saturated rings. The zero-order valence-electron chi connectivity index (χ0n) is 21.5. The van der Waals surface area contributed by atoms with Crippen LogP contribution in [0.1, 0.15) is 33.6 Å². The molecule has 0 radical (unpaired) electrons. The second-order valence-electron chi connectivity index (χ2n) is 9.04. The Hall–Kier alpha value is -4.40. The van der Waals surface area contributed by atoms with Crippen LogP contribution in [0.3, 0.4) is 0 Å². The van der Waals surface area contributed by atoms with Gasteiger partial charge in [-0.25, -0.2) is 0 Å². The molecule has 40 heavy (non-hydrogen) atoms. The molecule has 3 aromatic rings. The summed E-state index contributed by atoms with van der Waals surface area (Å²) in [7, 11) is 0. The first-order valence-corrected chi connectivity index (χ1v) is 14.2. The Bertz CT molecular complexity index is 1510. The van der Waals surface area contributed by atoms with E-state index in [2.05, 4.69) is 22.0 Å². The van der Waals surface area contributed by atoms with Crippen LogP contribution in [0.5, 0.6) is 0 Å². The van der Waals surface area contributed by atoms with Crippen molar-refractivity contribution in [2.24, 2.45) is 11.8 Å². The summed E-state index contributed by atoms with van der Waals surface area (Å²) in [5.74, 6) is -3.48. The maximum absolute atomic E-state index is 12.8. The van der Waals surface area contributed by atoms with Crippen LogP contribution in [0.2, 0.25) is 0 Å². The third kappa shape index (κ3) is 6.97. The van der Waals surface area contributed by atoms with Gasteiger partial charge in [0.15, 0.2) is 0 Å². The fourth-order valence-electron chi connectivity index (χ4n) is 4.25. The molecular weight excluding hydrogens is 548 g/mol. The second kappa shape index (κ2) is 13.1. The first-order chi connectivity index (χ1) is 19.3. The van der Waals surface area contributed by atoms with Crippen molar-refractivity contribution in [3.05, 3.63) is 82.8 Å². The molecule has 1 aliphatic carbocycles. The number of thioether (sulfide) groups is 1. The number of carboxylic acids is 1. The topological polar surface area (TPSA) is 148 Å². The number of amides is 3. The molecule has 0 aliphatic heterocycles. The van der Waals surface area contributed by atoms with E-state index >= 15 is 0 Å². The maximum atomic E-state index is 12.8. The van der Waals surface area contributed by atoms with Crippen LogP contribution in [-0.2, 0) is 14.4 Å². The molecule has 2 aromatic carbocycles. The van der Waals surface area contributed by atoms with Crippen LogP contribution in [0, 0.1) is 30.1 Å². The molecule has 4 N–H and O–H groups in total. The molecule has 0 saturated heterocycles. The summed E-state index contributed by atoms with van der Waals surface area (Å²) in [5, 5.41) is 27.7. The highest BCUT2D eigenvalue weighted by atomic mass is 32.2. The highest BCUT2D eigenvalue weighted by Gasteiger charge is 2.34. The van der Waals surface area contributed by atoms with Gasteiger partial charge in [-0.2, -0.15) is 5.26 Å². The average molecular weight is 575 g/mol. The summed E-state index contributed by atoms with van der Waals surface area (Å²) >= 11 is 2.28. The van der Waals surface area contributed by atoms with Crippen LogP contribution < -0.4 is 16.0 Å². The Labute approximate surface area is 239 Å². The Kier molecular flexibility index (Phi) is 9.37. The Balaban J connectivity index is 1.37. The van der Waals surface area contributed by atoms with E-state index in [0.29, 0.717) is 39.7 Å². The normalized spacial score (nSPS) is 16.0. The number of hydrogen-bond donors (Lipinski definition) is 4. The molecule has 9 nitrogen and oxygen atoms in total. The standard InChI is InChI=1S/C29H26N4O5S2/c1-17-23(15-30)28(40-25(17)27(36)31-18-8-3-2-4-9-18)33-24(34)16-39-20-11-7-10-19(14-20)32-26(35)21-12-5-6-13-22(21)29(37)38/h2-11,14,21-22H,12-13,16H2,1H3,(H,31,36)(H,32,35)(H,33,34)(H,37,38). The number of anilines is 3. The van der Waals surface area contributed by atoms with E-state index in [1.807, 2.05) is 12.1 Å². The monoisotopic (exact) mass is 574 g/mol. The number of rotatable bonds is 9. The number of allylic oxidation sites excluding steroid dienone is 2. The molecule has 204 valence electrons. The van der Waals surface area contributed by atoms with Gasteiger partial charge in [-0.15, -0.1) is 23.1 Å². The van der Waals surface area contributed by atoms with Gasteiger partial charge in [-0.1, -0.05) is 36.4 Å². The first kappa shape index (κ1) is 28.6. The van der Waals surface area contributed by atoms with Gasteiger partial charge in [-0.3, -0.25) is 19.2 Å². The van der Waals surface area contributed by atoms with Gasteiger partial charge < -0.3 is 21.1 Å². The SMILES string of the molecule is Cc1c(C(=O)Nc2ccccc2)sc(NC(=O)CSc2cccc(NC(=O)C3CC=CCC3C(=O)O)c2)c1C#N. The molecule has 0 bridgehead atoms. The maximum Gasteiger partial charge on any atom is 0.307 e. The number of benzene rings is 2. The Morgan fingerprint density at radius 1 is 0.975 bits per heavy atom. The van der Waals surface area contributed by atoms with Crippen molar-refractivity contribution in [1.82, 2.24) is 0 Å². The number of nitrogens with one attached hydrogen (secondary N) is 3. The van der Waals surface area contributed by atoms with E-state index in [1.165, 1.54) is 11.8 Å². The molecule has 0 spiro atoms. The molecule has 11 heteroatoms. The third-order valence-corrected chi connectivity index (χ3v) is 8.51. The minimum atomic E-state index is -0.996. The van der Waals surface area contributed by atoms with Gasteiger partial charge >= 0.3 is 5.97 Å². The molecule has 1 aliphatic rings. The van der Waals surface area contributed by atoms with Crippen LogP contribution in [-0.4, -0.2) is 34.6 Å². The lowest BCUT2D eigenvalue weighted by Gasteiger charge is -2.24. The van der Waals surface area contributed by atoms with Crippen LogP contribution in [0.4, 0.5) is 16.4 Å². The van der Waals surface area contributed by atoms with Gasteiger partial charge in [0.05, 0.1) is 28.0 Å². The number of aliphatic carboxylic acids is 1.